The molecule has 0 heterocycles. The van der Waals surface area contributed by atoms with Crippen molar-refractivity contribution < 1.29 is 29.3 Å². The molecule has 4 N–H and O–H groups in total. The molecule has 3 aliphatic rings. The lowest BCUT2D eigenvalue weighted by atomic mass is 9.77. The molecular formula is C62H70N2O6. The molecule has 2 saturated carbocycles. The van der Waals surface area contributed by atoms with Gasteiger partial charge in [0.2, 0.25) is 11.6 Å². The monoisotopic (exact) mass is 939 g/mol. The minimum atomic E-state index is -0.649. The maximum absolute atomic E-state index is 15.3. The SMILES string of the molecule is CCCCc1ccc(Nc2cc(Oc3ccc(C4CCC(CCCC)CC4)cc3)c(O)c3c2C(=O)c2c(O)c(Oc4ccc(C5CCC(CCCC)CC5)cc4)cc(Nc4ccccc4)c2C3=O)cc1. The summed E-state index contributed by atoms with van der Waals surface area (Å²) in [4.78, 5) is 30.5. The highest BCUT2D eigenvalue weighted by molar-refractivity contribution is 6.34. The molecule has 0 atom stereocenters. The summed E-state index contributed by atoms with van der Waals surface area (Å²) in [6, 6.07) is 36.5. The molecule has 0 aliphatic heterocycles. The predicted octanol–water partition coefficient (Wildman–Crippen LogP) is 17.2. The lowest BCUT2D eigenvalue weighted by Crippen LogP contribution is -2.24. The van der Waals surface area contributed by atoms with Gasteiger partial charge in [-0.05, 0) is 153 Å². The molecule has 6 aromatic rings. The van der Waals surface area contributed by atoms with Crippen molar-refractivity contribution in [3.8, 4) is 34.5 Å². The molecule has 2 fully saturated rings. The maximum Gasteiger partial charge on any atom is 0.200 e. The molecule has 0 radical (unpaired) electrons. The second kappa shape index (κ2) is 22.5. The van der Waals surface area contributed by atoms with Gasteiger partial charge in [-0.15, -0.1) is 0 Å². The van der Waals surface area contributed by atoms with E-state index in [4.69, 9.17) is 9.47 Å². The summed E-state index contributed by atoms with van der Waals surface area (Å²) in [5.74, 6) is 1.41. The molecule has 8 heteroatoms. The molecule has 6 aromatic carbocycles. The number of rotatable bonds is 19. The number of anilines is 4. The van der Waals surface area contributed by atoms with Crippen LogP contribution in [-0.4, -0.2) is 21.8 Å². The van der Waals surface area contributed by atoms with Crippen LogP contribution < -0.4 is 20.1 Å². The number of ether oxygens (including phenoxy) is 2. The number of carbonyl (C=O) groups excluding carboxylic acids is 2. The highest BCUT2D eigenvalue weighted by Crippen LogP contribution is 2.51. The fourth-order valence-corrected chi connectivity index (χ4v) is 11.2. The van der Waals surface area contributed by atoms with Crippen molar-refractivity contribution in [2.45, 2.75) is 142 Å². The third kappa shape index (κ3) is 10.9. The molecule has 3 aliphatic carbocycles. The number of benzene rings is 6. The molecule has 0 unspecified atom stereocenters. The van der Waals surface area contributed by atoms with Crippen LogP contribution >= 0.6 is 0 Å². The van der Waals surface area contributed by atoms with Gasteiger partial charge >= 0.3 is 0 Å². The summed E-state index contributed by atoms with van der Waals surface area (Å²) in [6.45, 7) is 6.69. The Labute approximate surface area is 414 Å². The summed E-state index contributed by atoms with van der Waals surface area (Å²) < 4.78 is 12.9. The first-order valence-corrected chi connectivity index (χ1v) is 26.3. The molecular weight excluding hydrogens is 869 g/mol. The molecule has 0 aromatic heterocycles. The second-order valence-electron chi connectivity index (χ2n) is 20.2. The van der Waals surface area contributed by atoms with Crippen LogP contribution in [0.4, 0.5) is 22.7 Å². The maximum atomic E-state index is 15.3. The zero-order valence-corrected chi connectivity index (χ0v) is 41.3. The Kier molecular flexibility index (Phi) is 15.6. The van der Waals surface area contributed by atoms with Crippen LogP contribution in [0.5, 0.6) is 34.5 Å². The number of phenolic OH excluding ortho intramolecular Hbond substituents is 2. The van der Waals surface area contributed by atoms with Crippen molar-refractivity contribution in [1.29, 1.82) is 0 Å². The van der Waals surface area contributed by atoms with Crippen molar-refractivity contribution in [3.63, 3.8) is 0 Å². The molecule has 70 heavy (non-hydrogen) atoms. The normalized spacial score (nSPS) is 18.7. The highest BCUT2D eigenvalue weighted by atomic mass is 16.5. The van der Waals surface area contributed by atoms with Crippen LogP contribution in [0.2, 0.25) is 0 Å². The Morgan fingerprint density at radius 2 is 0.900 bits per heavy atom. The standard InChI is InChI=1S/C62H70N2O6/c1-4-7-13-40-18-24-43(25-19-40)45-28-34-49(35-29-45)69-53-38-51(63-47-16-11-10-12-17-47)55-57(59(53)65)62(68)56-52(64-48-32-22-42(23-33-48)15-9-6-3)39-54(60(66)58(56)61(55)67)70-50-36-30-46(31-37-50)44-26-20-41(21-27-44)14-8-5-2/h10-12,16-17,22-23,28-41,43-44,63-66H,4-9,13-15,18-21,24-27H2,1-3H3. The predicted molar refractivity (Wildman–Crippen MR) is 283 cm³/mol. The van der Waals surface area contributed by atoms with E-state index in [0.29, 0.717) is 34.7 Å². The first-order chi connectivity index (χ1) is 34.2. The Hall–Kier alpha value is -6.54. The summed E-state index contributed by atoms with van der Waals surface area (Å²) in [7, 11) is 0. The number of ketones is 2. The lowest BCUT2D eigenvalue weighted by Gasteiger charge is -2.29. The lowest BCUT2D eigenvalue weighted by molar-refractivity contribution is 0.0974. The number of fused-ring (bicyclic) bond motifs is 2. The Bertz CT molecular complexity index is 2730. The van der Waals surface area contributed by atoms with Gasteiger partial charge in [0.25, 0.3) is 0 Å². The number of phenols is 2. The van der Waals surface area contributed by atoms with E-state index in [0.717, 1.165) is 31.1 Å². The van der Waals surface area contributed by atoms with Crippen molar-refractivity contribution in [3.05, 3.63) is 154 Å². The van der Waals surface area contributed by atoms with Crippen LogP contribution in [0.25, 0.3) is 0 Å². The quantitative estimate of drug-likeness (QED) is 0.0593. The molecule has 0 bridgehead atoms. The number of carbonyl (C=O) groups is 2. The van der Waals surface area contributed by atoms with Crippen molar-refractivity contribution in [1.82, 2.24) is 0 Å². The first kappa shape index (κ1) is 48.5. The van der Waals surface area contributed by atoms with E-state index in [1.807, 2.05) is 78.9 Å². The van der Waals surface area contributed by atoms with Crippen LogP contribution in [-0.2, 0) is 6.42 Å². The summed E-state index contributed by atoms with van der Waals surface area (Å²) in [5, 5.41) is 31.1. The van der Waals surface area contributed by atoms with Gasteiger partial charge in [0.15, 0.2) is 23.0 Å². The Morgan fingerprint density at radius 1 is 0.486 bits per heavy atom. The van der Waals surface area contributed by atoms with Gasteiger partial charge < -0.3 is 30.3 Å². The Balaban J connectivity index is 1.06. The third-order valence-electron chi connectivity index (χ3n) is 15.3. The zero-order valence-electron chi connectivity index (χ0n) is 41.3. The van der Waals surface area contributed by atoms with Gasteiger partial charge in [0, 0.05) is 23.5 Å². The number of para-hydroxylation sites is 1. The summed E-state index contributed by atoms with van der Waals surface area (Å²) in [6.07, 6.45) is 20.5. The number of hydrogen-bond acceptors (Lipinski definition) is 8. The number of unbranched alkanes of at least 4 members (excludes halogenated alkanes) is 3. The van der Waals surface area contributed by atoms with Crippen molar-refractivity contribution >= 4 is 34.3 Å². The zero-order chi connectivity index (χ0) is 48.6. The van der Waals surface area contributed by atoms with E-state index in [-0.39, 0.29) is 45.1 Å². The van der Waals surface area contributed by atoms with Crippen LogP contribution in [0.1, 0.15) is 184 Å². The van der Waals surface area contributed by atoms with E-state index in [2.05, 4.69) is 55.7 Å². The summed E-state index contributed by atoms with van der Waals surface area (Å²) >= 11 is 0. The number of hydrogen-bond donors (Lipinski definition) is 4. The van der Waals surface area contributed by atoms with Gasteiger partial charge in [0.05, 0.1) is 33.6 Å². The minimum absolute atomic E-state index is 0.0142. The van der Waals surface area contributed by atoms with E-state index in [1.165, 1.54) is 107 Å². The van der Waals surface area contributed by atoms with Gasteiger partial charge in [-0.3, -0.25) is 9.59 Å². The van der Waals surface area contributed by atoms with Gasteiger partial charge in [-0.25, -0.2) is 0 Å². The van der Waals surface area contributed by atoms with E-state index >= 15 is 9.59 Å². The van der Waals surface area contributed by atoms with Crippen molar-refractivity contribution in [2.24, 2.45) is 11.8 Å². The molecule has 364 valence electrons. The van der Waals surface area contributed by atoms with Gasteiger partial charge in [-0.2, -0.15) is 0 Å². The molecule has 0 amide bonds. The highest BCUT2D eigenvalue weighted by Gasteiger charge is 2.41. The van der Waals surface area contributed by atoms with E-state index in [1.54, 1.807) is 12.1 Å². The third-order valence-corrected chi connectivity index (χ3v) is 15.3. The van der Waals surface area contributed by atoms with E-state index in [9.17, 15) is 10.2 Å². The van der Waals surface area contributed by atoms with Crippen LogP contribution in [0.3, 0.4) is 0 Å². The average molecular weight is 939 g/mol. The molecule has 8 nitrogen and oxygen atoms in total. The van der Waals surface area contributed by atoms with Gasteiger partial charge in [0.1, 0.15) is 11.5 Å². The first-order valence-electron chi connectivity index (χ1n) is 26.3. The molecule has 9 rings (SSSR count). The second-order valence-corrected chi connectivity index (χ2v) is 20.2. The number of aromatic hydroxyl groups is 2. The van der Waals surface area contributed by atoms with E-state index < -0.39 is 23.1 Å². The fourth-order valence-electron chi connectivity index (χ4n) is 11.2. The van der Waals surface area contributed by atoms with Gasteiger partial charge in [-0.1, -0.05) is 120 Å². The van der Waals surface area contributed by atoms with Crippen LogP contribution in [0.15, 0.2) is 115 Å². The van der Waals surface area contributed by atoms with Crippen LogP contribution in [0, 0.1) is 11.8 Å². The molecule has 0 spiro atoms. The summed E-state index contributed by atoms with van der Waals surface area (Å²) in [5.41, 5.74) is 4.97. The number of nitrogens with one attached hydrogen (secondary N) is 2. The minimum Gasteiger partial charge on any atom is -0.504 e. The topological polar surface area (TPSA) is 117 Å². The smallest absolute Gasteiger partial charge is 0.200 e. The largest absolute Gasteiger partial charge is 0.504 e. The van der Waals surface area contributed by atoms with Crippen molar-refractivity contribution in [2.75, 3.05) is 10.6 Å². The fraction of sp³-hybridized carbons (Fsp3) is 0.387. The number of aryl methyl sites for hydroxylation is 1. The molecule has 0 saturated heterocycles. The average Bonchev–Trinajstić information content (AvgIpc) is 3.39. The Morgan fingerprint density at radius 3 is 1.31 bits per heavy atom.